The molecule has 11 nitrogen and oxygen atoms in total. The van der Waals surface area contributed by atoms with Crippen LogP contribution in [0.25, 0.3) is 10.8 Å². The van der Waals surface area contributed by atoms with Crippen LogP contribution in [0.15, 0.2) is 39.0 Å². The van der Waals surface area contributed by atoms with E-state index in [9.17, 15) is 48.8 Å². The third kappa shape index (κ3) is 3.35. The van der Waals surface area contributed by atoms with E-state index in [1.165, 1.54) is 0 Å². The van der Waals surface area contributed by atoms with Crippen molar-refractivity contribution in [2.75, 3.05) is 0 Å². The van der Waals surface area contributed by atoms with E-state index in [4.69, 9.17) is 0 Å². The molecule has 0 heterocycles. The third-order valence-electron chi connectivity index (χ3n) is 3.06. The van der Waals surface area contributed by atoms with Gasteiger partial charge in [-0.1, -0.05) is 24.3 Å². The summed E-state index contributed by atoms with van der Waals surface area (Å²) in [6, 6.07) is 4.00. The predicted molar refractivity (Wildman–Crippen MR) is 80.4 cm³/mol. The van der Waals surface area contributed by atoms with Crippen LogP contribution in [0.4, 0.5) is 0 Å². The van der Waals surface area contributed by atoms with Crippen molar-refractivity contribution in [2.24, 2.45) is 0 Å². The van der Waals surface area contributed by atoms with Crippen molar-refractivity contribution in [3.63, 3.8) is 0 Å². The number of fused-ring (bicyclic) bond motifs is 1. The van der Waals surface area contributed by atoms with E-state index in [2.05, 4.69) is 0 Å². The Hall–Kier alpha value is -2.10. The number of hydrogen-bond donors (Lipinski definition) is 4. The van der Waals surface area contributed by atoms with E-state index in [0.717, 1.165) is 24.3 Å². The first kappa shape index (κ1) is 19.2. The van der Waals surface area contributed by atoms with Crippen molar-refractivity contribution in [3.05, 3.63) is 29.8 Å². The molecule has 0 atom stereocenters. The van der Waals surface area contributed by atoms with Gasteiger partial charge in [-0.2, -0.15) is 25.3 Å². The summed E-state index contributed by atoms with van der Waals surface area (Å²) in [5, 5.41) is 7.76. The molecular formula is C11H8O11S3. The van der Waals surface area contributed by atoms with E-state index in [1.807, 2.05) is 0 Å². The molecule has 0 bridgehead atoms. The van der Waals surface area contributed by atoms with Crippen LogP contribution in [0.3, 0.4) is 0 Å². The van der Waals surface area contributed by atoms with Crippen LogP contribution in [-0.2, 0) is 30.4 Å². The molecule has 0 aliphatic heterocycles. The second-order valence-corrected chi connectivity index (χ2v) is 8.71. The maximum atomic E-state index is 11.6. The summed E-state index contributed by atoms with van der Waals surface area (Å²) in [6.07, 6.45) is 0. The van der Waals surface area contributed by atoms with Gasteiger partial charge in [0.25, 0.3) is 30.4 Å². The summed E-state index contributed by atoms with van der Waals surface area (Å²) in [5.41, 5.74) is -1.73. The van der Waals surface area contributed by atoms with E-state index in [1.54, 1.807) is 0 Å². The fourth-order valence-corrected chi connectivity index (χ4v) is 5.50. The zero-order chi connectivity index (χ0) is 19.4. The second kappa shape index (κ2) is 5.72. The second-order valence-electron chi connectivity index (χ2n) is 4.64. The Labute approximate surface area is 140 Å². The molecule has 14 heteroatoms. The highest BCUT2D eigenvalue weighted by atomic mass is 32.2. The molecule has 136 valence electrons. The third-order valence-corrected chi connectivity index (χ3v) is 6.00. The van der Waals surface area contributed by atoms with Gasteiger partial charge in [0.15, 0.2) is 0 Å². The molecule has 0 radical (unpaired) electrons. The topological polar surface area (TPSA) is 200 Å². The summed E-state index contributed by atoms with van der Waals surface area (Å²) >= 11 is 0. The largest absolute Gasteiger partial charge is 0.478 e. The van der Waals surface area contributed by atoms with Crippen LogP contribution in [0.5, 0.6) is 0 Å². The van der Waals surface area contributed by atoms with Crippen LogP contribution >= 0.6 is 0 Å². The lowest BCUT2D eigenvalue weighted by atomic mass is 10.1. The molecule has 0 amide bonds. The van der Waals surface area contributed by atoms with Gasteiger partial charge >= 0.3 is 5.97 Å². The SMILES string of the molecule is O=C(O)c1c(S(=O)(=O)O)c(S(=O)(=O)O)c2ccccc2c1S(=O)(=O)O. The lowest BCUT2D eigenvalue weighted by Gasteiger charge is -2.15. The smallest absolute Gasteiger partial charge is 0.338 e. The summed E-state index contributed by atoms with van der Waals surface area (Å²) in [6.45, 7) is 0. The molecule has 0 aromatic heterocycles. The minimum absolute atomic E-state index is 0.692. The summed E-state index contributed by atoms with van der Waals surface area (Å²) in [4.78, 5) is 6.57. The van der Waals surface area contributed by atoms with Crippen LogP contribution in [0, 0.1) is 0 Å². The first-order valence-electron chi connectivity index (χ1n) is 5.92. The Morgan fingerprint density at radius 1 is 0.680 bits per heavy atom. The summed E-state index contributed by atoms with van der Waals surface area (Å²) in [5.74, 6) is -2.28. The summed E-state index contributed by atoms with van der Waals surface area (Å²) < 4.78 is 97.6. The van der Waals surface area contributed by atoms with Gasteiger partial charge in [0, 0.05) is 10.8 Å². The number of benzene rings is 2. The maximum absolute atomic E-state index is 11.6. The minimum atomic E-state index is -5.66. The number of rotatable bonds is 4. The van der Waals surface area contributed by atoms with Gasteiger partial charge in [0.1, 0.15) is 20.2 Å². The van der Waals surface area contributed by atoms with Crippen LogP contribution in [-0.4, -0.2) is 50.0 Å². The molecule has 2 aromatic carbocycles. The van der Waals surface area contributed by atoms with Gasteiger partial charge in [-0.25, -0.2) is 4.79 Å². The lowest BCUT2D eigenvalue weighted by Crippen LogP contribution is -2.19. The van der Waals surface area contributed by atoms with Crippen LogP contribution in [0.2, 0.25) is 0 Å². The van der Waals surface area contributed by atoms with Crippen molar-refractivity contribution in [1.29, 1.82) is 0 Å². The van der Waals surface area contributed by atoms with Crippen molar-refractivity contribution in [2.45, 2.75) is 14.7 Å². The first-order valence-corrected chi connectivity index (χ1v) is 10.2. The molecule has 0 spiro atoms. The van der Waals surface area contributed by atoms with E-state index in [-0.39, 0.29) is 0 Å². The summed E-state index contributed by atoms with van der Waals surface area (Å²) in [7, 11) is -16.5. The Morgan fingerprint density at radius 3 is 1.36 bits per heavy atom. The van der Waals surface area contributed by atoms with E-state index >= 15 is 0 Å². The van der Waals surface area contributed by atoms with Gasteiger partial charge in [-0.05, 0) is 0 Å². The van der Waals surface area contributed by atoms with E-state index < -0.39 is 67.3 Å². The minimum Gasteiger partial charge on any atom is -0.478 e. The molecule has 25 heavy (non-hydrogen) atoms. The monoisotopic (exact) mass is 412 g/mol. The van der Waals surface area contributed by atoms with Gasteiger partial charge in [-0.3, -0.25) is 13.7 Å². The number of carboxylic acids is 1. The van der Waals surface area contributed by atoms with Crippen molar-refractivity contribution in [1.82, 2.24) is 0 Å². The zero-order valence-electron chi connectivity index (χ0n) is 11.7. The van der Waals surface area contributed by atoms with E-state index in [0.29, 0.717) is 0 Å². The van der Waals surface area contributed by atoms with Crippen molar-refractivity contribution in [3.8, 4) is 0 Å². The molecule has 4 N–H and O–H groups in total. The number of carbonyl (C=O) groups is 1. The molecular weight excluding hydrogens is 404 g/mol. The highest BCUT2D eigenvalue weighted by Crippen LogP contribution is 2.38. The average molecular weight is 412 g/mol. The first-order chi connectivity index (χ1) is 11.2. The van der Waals surface area contributed by atoms with Crippen LogP contribution < -0.4 is 0 Å². The Morgan fingerprint density at radius 2 is 1.04 bits per heavy atom. The molecule has 0 fully saturated rings. The number of carboxylic acid groups (broad SMARTS) is 1. The molecule has 2 rings (SSSR count). The zero-order valence-corrected chi connectivity index (χ0v) is 14.1. The standard InChI is InChI=1S/C11H8O11S3/c12-11(13)7-8(23(14,15)16)5-3-1-2-4-6(5)9(24(17,18)19)10(7)25(20,21)22/h1-4H,(H,12,13)(H,14,15,16)(H,17,18,19)(H,20,21,22). The Bertz CT molecular complexity index is 1220. The molecule has 0 unspecified atom stereocenters. The highest BCUT2D eigenvalue weighted by molar-refractivity contribution is 7.89. The van der Waals surface area contributed by atoms with Gasteiger partial charge in [0.2, 0.25) is 0 Å². The Balaban J connectivity index is 3.51. The number of hydrogen-bond acceptors (Lipinski definition) is 7. The van der Waals surface area contributed by atoms with Crippen molar-refractivity contribution >= 4 is 47.1 Å². The fraction of sp³-hybridized carbons (Fsp3) is 0. The maximum Gasteiger partial charge on any atom is 0.338 e. The quantitative estimate of drug-likeness (QED) is 0.502. The van der Waals surface area contributed by atoms with Crippen molar-refractivity contribution < 1.29 is 48.8 Å². The molecule has 0 aliphatic rings. The molecule has 2 aromatic rings. The molecule has 0 aliphatic carbocycles. The Kier molecular flexibility index (Phi) is 4.40. The predicted octanol–water partition coefficient (Wildman–Crippen LogP) is 0.278. The highest BCUT2D eigenvalue weighted by Gasteiger charge is 2.38. The number of aromatic carboxylic acids is 1. The normalized spacial score (nSPS) is 13.1. The van der Waals surface area contributed by atoms with Crippen LogP contribution in [0.1, 0.15) is 10.4 Å². The van der Waals surface area contributed by atoms with Gasteiger partial charge in [0.05, 0.1) is 0 Å². The average Bonchev–Trinajstić information content (AvgIpc) is 2.41. The molecule has 0 saturated heterocycles. The fourth-order valence-electron chi connectivity index (χ4n) is 2.32. The molecule has 0 saturated carbocycles. The lowest BCUT2D eigenvalue weighted by molar-refractivity contribution is 0.0687. The van der Waals surface area contributed by atoms with Gasteiger partial charge in [-0.15, -0.1) is 0 Å². The van der Waals surface area contributed by atoms with Gasteiger partial charge < -0.3 is 5.11 Å².